The summed E-state index contributed by atoms with van der Waals surface area (Å²) in [6, 6.07) is 5.36. The summed E-state index contributed by atoms with van der Waals surface area (Å²) >= 11 is 1.59. The van der Waals surface area contributed by atoms with Crippen LogP contribution in [0.2, 0.25) is 0 Å². The van der Waals surface area contributed by atoms with E-state index in [4.69, 9.17) is 21.3 Å². The molecule has 0 unspecified atom stereocenters. The van der Waals surface area contributed by atoms with Crippen molar-refractivity contribution >= 4 is 17.2 Å². The smallest absolute Gasteiger partial charge is 0.251 e. The Morgan fingerprint density at radius 3 is 2.61 bits per heavy atom. The molecule has 0 spiro atoms. The topological polar surface area (TPSA) is 123 Å². The van der Waals surface area contributed by atoms with Crippen LogP contribution in [0.15, 0.2) is 47.9 Å². The van der Waals surface area contributed by atoms with Crippen LogP contribution in [0.5, 0.6) is 5.75 Å². The van der Waals surface area contributed by atoms with Crippen molar-refractivity contribution in [1.82, 2.24) is 10.3 Å². The molecular formula is C23H32N4O3S. The Hall–Kier alpha value is -2.84. The molecule has 31 heavy (non-hydrogen) atoms. The van der Waals surface area contributed by atoms with Crippen molar-refractivity contribution in [1.29, 1.82) is 0 Å². The van der Waals surface area contributed by atoms with Gasteiger partial charge in [-0.05, 0) is 50.1 Å². The van der Waals surface area contributed by atoms with E-state index >= 15 is 0 Å². The summed E-state index contributed by atoms with van der Waals surface area (Å²) in [5.74, 6) is 0.654. The summed E-state index contributed by atoms with van der Waals surface area (Å²) in [5, 5.41) is 12.8. The molecule has 1 aromatic heterocycles. The lowest BCUT2D eigenvalue weighted by Crippen LogP contribution is -2.28. The normalized spacial score (nSPS) is 13.4. The number of thiazole rings is 1. The Labute approximate surface area is 187 Å². The molecule has 0 radical (unpaired) electrons. The number of ether oxygens (including phenoxy) is 1. The first-order valence-electron chi connectivity index (χ1n) is 10.2. The lowest BCUT2D eigenvalue weighted by molar-refractivity contribution is 0.0955. The van der Waals surface area contributed by atoms with Crippen LogP contribution in [0.4, 0.5) is 0 Å². The van der Waals surface area contributed by atoms with E-state index in [1.54, 1.807) is 42.5 Å². The quantitative estimate of drug-likeness (QED) is 0.416. The number of nitrogens with one attached hydrogen (secondary N) is 1. The third-order valence-corrected chi connectivity index (χ3v) is 5.74. The van der Waals surface area contributed by atoms with Crippen LogP contribution in [0, 0.1) is 0 Å². The van der Waals surface area contributed by atoms with Gasteiger partial charge in [0, 0.05) is 46.6 Å². The number of hydrogen-bond acceptors (Lipinski definition) is 7. The number of aliphatic hydroxyl groups is 1. The predicted octanol–water partition coefficient (Wildman–Crippen LogP) is 3.52. The number of carbonyl (C=O) groups is 1. The number of nitrogens with zero attached hydrogens (tertiary/aromatic N) is 1. The maximum absolute atomic E-state index is 12.8. The first kappa shape index (κ1) is 24.4. The minimum atomic E-state index is -0.271. The minimum absolute atomic E-state index is 0.0285. The van der Waals surface area contributed by atoms with Crippen molar-refractivity contribution in [2.45, 2.75) is 46.1 Å². The molecule has 0 aliphatic rings. The third kappa shape index (κ3) is 7.73. The van der Waals surface area contributed by atoms with Crippen LogP contribution >= 0.6 is 11.3 Å². The van der Waals surface area contributed by atoms with Crippen LogP contribution < -0.4 is 21.5 Å². The summed E-state index contributed by atoms with van der Waals surface area (Å²) in [4.78, 5) is 18.5. The molecular weight excluding hydrogens is 412 g/mol. The third-order valence-electron chi connectivity index (χ3n) is 4.39. The van der Waals surface area contributed by atoms with Crippen molar-refractivity contribution in [3.05, 3.63) is 58.4 Å². The molecule has 2 rings (SSSR count). The van der Waals surface area contributed by atoms with Gasteiger partial charge in [-0.15, -0.1) is 11.3 Å². The first-order chi connectivity index (χ1) is 14.7. The van der Waals surface area contributed by atoms with Crippen LogP contribution in [0.25, 0.3) is 10.6 Å². The van der Waals surface area contributed by atoms with E-state index < -0.39 is 0 Å². The van der Waals surface area contributed by atoms with Crippen LogP contribution in [-0.2, 0) is 0 Å². The number of aliphatic hydroxyl groups excluding tert-OH is 1. The van der Waals surface area contributed by atoms with Crippen molar-refractivity contribution in [2.75, 3.05) is 13.2 Å². The molecule has 1 aromatic carbocycles. The first-order valence-corrected chi connectivity index (χ1v) is 11.1. The Morgan fingerprint density at radius 2 is 2.00 bits per heavy atom. The summed E-state index contributed by atoms with van der Waals surface area (Å²) in [6.45, 7) is 8.09. The average Bonchev–Trinajstić information content (AvgIpc) is 3.21. The summed E-state index contributed by atoms with van der Waals surface area (Å²) in [6.07, 6.45) is 5.52. The largest absolute Gasteiger partial charge is 0.491 e. The maximum Gasteiger partial charge on any atom is 0.251 e. The molecule has 1 amide bonds. The van der Waals surface area contributed by atoms with Crippen molar-refractivity contribution in [3.63, 3.8) is 0 Å². The van der Waals surface area contributed by atoms with Crippen LogP contribution in [0.1, 0.15) is 55.3 Å². The highest BCUT2D eigenvalue weighted by molar-refractivity contribution is 7.15. The molecule has 0 saturated carbocycles. The van der Waals surface area contributed by atoms with Crippen molar-refractivity contribution in [2.24, 2.45) is 11.5 Å². The zero-order valence-electron chi connectivity index (χ0n) is 18.5. The zero-order chi connectivity index (χ0) is 23.0. The Kier molecular flexibility index (Phi) is 9.08. The number of benzene rings is 1. The number of aromatic nitrogens is 1. The van der Waals surface area contributed by atoms with Gasteiger partial charge in [-0.1, -0.05) is 13.8 Å². The molecule has 1 heterocycles. The molecule has 7 nitrogen and oxygen atoms in total. The van der Waals surface area contributed by atoms with Gasteiger partial charge in [-0.25, -0.2) is 4.98 Å². The molecule has 2 aromatic rings. The Balaban J connectivity index is 2.30. The SMILES string of the molecule is C/C(N)=C/C=C(\N)CNC(=O)c1cc(O[C@H](C)CCO)cc(-c2ncc(C(C)C)s2)c1. The van der Waals surface area contributed by atoms with Gasteiger partial charge in [0.05, 0.1) is 12.6 Å². The fraction of sp³-hybridized carbons (Fsp3) is 0.391. The maximum atomic E-state index is 12.8. The lowest BCUT2D eigenvalue weighted by atomic mass is 10.1. The molecule has 6 N–H and O–H groups in total. The number of amides is 1. The monoisotopic (exact) mass is 444 g/mol. The van der Waals surface area contributed by atoms with Gasteiger partial charge in [0.15, 0.2) is 0 Å². The Morgan fingerprint density at radius 1 is 1.26 bits per heavy atom. The lowest BCUT2D eigenvalue weighted by Gasteiger charge is -2.15. The van der Waals surface area contributed by atoms with E-state index in [9.17, 15) is 4.79 Å². The molecule has 168 valence electrons. The van der Waals surface area contributed by atoms with Gasteiger partial charge < -0.3 is 26.6 Å². The summed E-state index contributed by atoms with van der Waals surface area (Å²) in [5.41, 5.74) is 13.9. The second-order valence-electron chi connectivity index (χ2n) is 7.74. The van der Waals surface area contributed by atoms with E-state index in [0.717, 1.165) is 10.6 Å². The fourth-order valence-electron chi connectivity index (χ4n) is 2.66. The van der Waals surface area contributed by atoms with Crippen molar-refractivity contribution in [3.8, 4) is 16.3 Å². The van der Waals surface area contributed by atoms with Gasteiger partial charge in [0.25, 0.3) is 5.91 Å². The fourth-order valence-corrected chi connectivity index (χ4v) is 3.57. The van der Waals surface area contributed by atoms with Gasteiger partial charge in [0.1, 0.15) is 10.8 Å². The molecule has 0 fully saturated rings. The summed E-state index contributed by atoms with van der Waals surface area (Å²) < 4.78 is 5.93. The molecule has 0 aliphatic carbocycles. The molecule has 0 bridgehead atoms. The second-order valence-corrected chi connectivity index (χ2v) is 8.81. The number of allylic oxidation sites excluding steroid dienone is 3. The molecule has 0 saturated heterocycles. The summed E-state index contributed by atoms with van der Waals surface area (Å²) in [7, 11) is 0. The number of rotatable bonds is 10. The molecule has 0 aliphatic heterocycles. The van der Waals surface area contributed by atoms with E-state index in [1.165, 1.54) is 4.88 Å². The second kappa shape index (κ2) is 11.5. The number of carbonyl (C=O) groups excluding carboxylic acids is 1. The van der Waals surface area contributed by atoms with E-state index in [0.29, 0.717) is 35.0 Å². The van der Waals surface area contributed by atoms with Gasteiger partial charge in [0.2, 0.25) is 0 Å². The van der Waals surface area contributed by atoms with Gasteiger partial charge in [-0.2, -0.15) is 0 Å². The van der Waals surface area contributed by atoms with Gasteiger partial charge >= 0.3 is 0 Å². The molecule has 8 heteroatoms. The molecule has 1 atom stereocenters. The van der Waals surface area contributed by atoms with E-state index in [2.05, 4.69) is 24.1 Å². The van der Waals surface area contributed by atoms with Crippen molar-refractivity contribution < 1.29 is 14.6 Å². The van der Waals surface area contributed by atoms with E-state index in [1.807, 2.05) is 19.2 Å². The Bertz CT molecular complexity index is 946. The highest BCUT2D eigenvalue weighted by atomic mass is 32.1. The zero-order valence-corrected chi connectivity index (χ0v) is 19.3. The minimum Gasteiger partial charge on any atom is -0.491 e. The number of nitrogens with two attached hydrogens (primary N) is 2. The highest BCUT2D eigenvalue weighted by Gasteiger charge is 2.15. The highest BCUT2D eigenvalue weighted by Crippen LogP contribution is 2.32. The number of hydrogen-bond donors (Lipinski definition) is 4. The van der Waals surface area contributed by atoms with Crippen LogP contribution in [-0.4, -0.2) is 35.3 Å². The van der Waals surface area contributed by atoms with E-state index in [-0.39, 0.29) is 25.2 Å². The van der Waals surface area contributed by atoms with Crippen LogP contribution in [0.3, 0.4) is 0 Å². The van der Waals surface area contributed by atoms with Gasteiger partial charge in [-0.3, -0.25) is 4.79 Å². The average molecular weight is 445 g/mol. The predicted molar refractivity (Wildman–Crippen MR) is 126 cm³/mol. The standard InChI is InChI=1S/C23H32N4O3S/c1-14(2)21-13-27-23(31-21)18-9-17(10-20(11-18)30-16(4)7-8-28)22(29)26-12-19(25)6-5-15(3)24/h5-6,9-11,13-14,16,28H,7-8,12,24-25H2,1-4H3,(H,26,29)/b15-5-,19-6-/t16-/m1/s1.